The molecule has 2 saturated heterocycles. The number of hydrogen-bond donors (Lipinski definition) is 3. The number of rotatable bonds is 7. The molecule has 10 nitrogen and oxygen atoms in total. The summed E-state index contributed by atoms with van der Waals surface area (Å²) in [7, 11) is 0. The lowest BCUT2D eigenvalue weighted by Gasteiger charge is -2.44. The number of pyridine rings is 2. The zero-order valence-electron chi connectivity index (χ0n) is 22.5. The molecule has 0 bridgehead atoms. The average molecular weight is 519 g/mol. The van der Waals surface area contributed by atoms with Gasteiger partial charge in [-0.25, -0.2) is 9.97 Å². The van der Waals surface area contributed by atoms with E-state index >= 15 is 0 Å². The number of aromatic amines is 1. The van der Waals surface area contributed by atoms with Gasteiger partial charge < -0.3 is 30.3 Å². The van der Waals surface area contributed by atoms with Gasteiger partial charge in [-0.1, -0.05) is 6.07 Å². The van der Waals surface area contributed by atoms with Crippen molar-refractivity contribution in [1.82, 2.24) is 30.1 Å². The first-order valence-corrected chi connectivity index (χ1v) is 13.6. The second-order valence-electron chi connectivity index (χ2n) is 10.5. The number of carbonyl (C=O) groups is 2. The number of aromatic nitrogens is 3. The van der Waals surface area contributed by atoms with Gasteiger partial charge in [-0.15, -0.1) is 0 Å². The monoisotopic (exact) mass is 518 g/mol. The highest BCUT2D eigenvalue weighted by Gasteiger charge is 2.31. The molecular formula is C28H38N8O2. The summed E-state index contributed by atoms with van der Waals surface area (Å²) in [6.07, 6.45) is 4.94. The highest BCUT2D eigenvalue weighted by atomic mass is 16.2. The van der Waals surface area contributed by atoms with Crippen molar-refractivity contribution in [1.29, 1.82) is 0 Å². The summed E-state index contributed by atoms with van der Waals surface area (Å²) in [6.45, 7) is 12.3. The van der Waals surface area contributed by atoms with E-state index < -0.39 is 0 Å². The number of nitrogens with zero attached hydrogens (tertiary/aromatic N) is 5. The molecule has 3 N–H and O–H groups in total. The van der Waals surface area contributed by atoms with Crippen LogP contribution in [0.25, 0.3) is 22.3 Å². The number of H-pyrrole nitrogens is 1. The van der Waals surface area contributed by atoms with Crippen LogP contribution in [0.1, 0.15) is 33.6 Å². The van der Waals surface area contributed by atoms with Crippen molar-refractivity contribution in [2.75, 3.05) is 56.0 Å². The Morgan fingerprint density at radius 3 is 2.63 bits per heavy atom. The van der Waals surface area contributed by atoms with E-state index in [1.165, 1.54) is 0 Å². The van der Waals surface area contributed by atoms with Crippen LogP contribution < -0.4 is 15.5 Å². The van der Waals surface area contributed by atoms with Gasteiger partial charge in [0.25, 0.3) is 0 Å². The molecular weight excluding hydrogens is 480 g/mol. The molecule has 2 amide bonds. The molecule has 0 aromatic carbocycles. The Morgan fingerprint density at radius 1 is 1.13 bits per heavy atom. The van der Waals surface area contributed by atoms with E-state index in [-0.39, 0.29) is 23.9 Å². The van der Waals surface area contributed by atoms with Crippen LogP contribution in [0.5, 0.6) is 0 Å². The summed E-state index contributed by atoms with van der Waals surface area (Å²) in [5.74, 6) is 1.01. The molecule has 5 rings (SSSR count). The predicted octanol–water partition coefficient (Wildman–Crippen LogP) is 2.69. The molecule has 2 atom stereocenters. The fourth-order valence-electron chi connectivity index (χ4n) is 5.79. The number of carbonyl (C=O) groups excluding carboxylic acids is 2. The first kappa shape index (κ1) is 26.1. The maximum atomic E-state index is 12.6. The lowest BCUT2D eigenvalue weighted by Crippen LogP contribution is -2.58. The van der Waals surface area contributed by atoms with E-state index in [9.17, 15) is 9.59 Å². The van der Waals surface area contributed by atoms with Crippen molar-refractivity contribution in [3.63, 3.8) is 0 Å². The van der Waals surface area contributed by atoms with Gasteiger partial charge in [0, 0.05) is 81.8 Å². The van der Waals surface area contributed by atoms with Crippen LogP contribution in [0.2, 0.25) is 0 Å². The van der Waals surface area contributed by atoms with Crippen molar-refractivity contribution < 1.29 is 9.59 Å². The topological polar surface area (TPSA) is 109 Å². The molecule has 3 aromatic heterocycles. The van der Waals surface area contributed by atoms with Gasteiger partial charge in [0.15, 0.2) is 0 Å². The van der Waals surface area contributed by atoms with E-state index in [2.05, 4.69) is 44.2 Å². The summed E-state index contributed by atoms with van der Waals surface area (Å²) < 4.78 is 0. The minimum absolute atomic E-state index is 0.00596. The maximum Gasteiger partial charge on any atom is 0.224 e. The molecule has 2 aliphatic heterocycles. The van der Waals surface area contributed by atoms with Crippen molar-refractivity contribution in [3.8, 4) is 11.3 Å². The number of hydrogen-bond acceptors (Lipinski definition) is 7. The average Bonchev–Trinajstić information content (AvgIpc) is 3.32. The summed E-state index contributed by atoms with van der Waals surface area (Å²) in [6, 6.07) is 8.22. The smallest absolute Gasteiger partial charge is 0.224 e. The standard InChI is InChI=1S/C28H38N8O2/c1-19-17-35(18-20(2)36(19)21(3)37)26-7-4-6-25(33-26)24-16-31-28-23(24)14-22(15-30-28)32-27(38)8-5-11-34-12-9-29-10-13-34/h4,6-7,14-16,19-20,29H,5,8-13,17-18H2,1-3H3,(H,30,31)(H,32,38)/t19-,20?/m1/s1. The minimum Gasteiger partial charge on any atom is -0.352 e. The number of amides is 2. The van der Waals surface area contributed by atoms with Gasteiger partial charge in [0.2, 0.25) is 11.8 Å². The Morgan fingerprint density at radius 2 is 1.89 bits per heavy atom. The van der Waals surface area contributed by atoms with Crippen molar-refractivity contribution in [3.05, 3.63) is 36.7 Å². The molecule has 0 aliphatic carbocycles. The van der Waals surface area contributed by atoms with Gasteiger partial charge in [-0.3, -0.25) is 9.59 Å². The van der Waals surface area contributed by atoms with Gasteiger partial charge in [-0.2, -0.15) is 0 Å². The number of fused-ring (bicyclic) bond motifs is 1. The van der Waals surface area contributed by atoms with Crippen LogP contribution in [0.15, 0.2) is 36.7 Å². The Hall–Kier alpha value is -3.50. The van der Waals surface area contributed by atoms with Crippen LogP contribution >= 0.6 is 0 Å². The summed E-state index contributed by atoms with van der Waals surface area (Å²) >= 11 is 0. The van der Waals surface area contributed by atoms with Crippen molar-refractivity contribution in [2.24, 2.45) is 0 Å². The summed E-state index contributed by atoms with van der Waals surface area (Å²) in [5, 5.41) is 7.29. The molecule has 3 aromatic rings. The largest absolute Gasteiger partial charge is 0.352 e. The van der Waals surface area contributed by atoms with Gasteiger partial charge in [-0.05, 0) is 45.0 Å². The lowest BCUT2D eigenvalue weighted by molar-refractivity contribution is -0.133. The Balaban J connectivity index is 1.27. The summed E-state index contributed by atoms with van der Waals surface area (Å²) in [4.78, 5) is 44.0. The van der Waals surface area contributed by atoms with Gasteiger partial charge >= 0.3 is 0 Å². The van der Waals surface area contributed by atoms with Crippen LogP contribution in [0, 0.1) is 0 Å². The molecule has 1 unspecified atom stereocenters. The molecule has 2 aliphatic rings. The Labute approximate surface area is 223 Å². The van der Waals surface area contributed by atoms with E-state index in [1.54, 1.807) is 13.1 Å². The third-order valence-electron chi connectivity index (χ3n) is 7.52. The van der Waals surface area contributed by atoms with Crippen LogP contribution in [-0.2, 0) is 9.59 Å². The molecule has 0 radical (unpaired) electrons. The zero-order valence-corrected chi connectivity index (χ0v) is 22.5. The predicted molar refractivity (Wildman–Crippen MR) is 150 cm³/mol. The lowest BCUT2D eigenvalue weighted by atomic mass is 10.1. The van der Waals surface area contributed by atoms with Gasteiger partial charge in [0.1, 0.15) is 11.5 Å². The molecule has 5 heterocycles. The highest BCUT2D eigenvalue weighted by molar-refractivity contribution is 5.97. The molecule has 0 saturated carbocycles. The normalized spacial score (nSPS) is 20.6. The van der Waals surface area contributed by atoms with E-state index in [0.717, 1.165) is 80.3 Å². The van der Waals surface area contributed by atoms with E-state index in [0.29, 0.717) is 12.1 Å². The SMILES string of the molecule is CC(=O)N1C(C)CN(c2cccc(-c3c[nH]c4ncc(NC(=O)CCCN5CCNCC5)cc34)n2)C[C@H]1C. The van der Waals surface area contributed by atoms with Crippen molar-refractivity contribution in [2.45, 2.75) is 45.7 Å². The molecule has 202 valence electrons. The number of anilines is 2. The second kappa shape index (κ2) is 11.5. The van der Waals surface area contributed by atoms with Crippen LogP contribution in [0.3, 0.4) is 0 Å². The van der Waals surface area contributed by atoms with Crippen LogP contribution in [-0.4, -0.2) is 94.5 Å². The second-order valence-corrected chi connectivity index (χ2v) is 10.5. The molecule has 38 heavy (non-hydrogen) atoms. The first-order chi connectivity index (χ1) is 18.4. The fraction of sp³-hybridized carbons (Fsp3) is 0.500. The molecule has 0 spiro atoms. The van der Waals surface area contributed by atoms with Crippen LogP contribution in [0.4, 0.5) is 11.5 Å². The van der Waals surface area contributed by atoms with Gasteiger partial charge in [0.05, 0.1) is 17.6 Å². The third-order valence-corrected chi connectivity index (χ3v) is 7.52. The molecule has 10 heteroatoms. The highest BCUT2D eigenvalue weighted by Crippen LogP contribution is 2.30. The number of piperazine rings is 2. The zero-order chi connectivity index (χ0) is 26.6. The fourth-order valence-corrected chi connectivity index (χ4v) is 5.79. The van der Waals surface area contributed by atoms with Crippen molar-refractivity contribution >= 4 is 34.4 Å². The van der Waals surface area contributed by atoms with E-state index in [4.69, 9.17) is 4.98 Å². The Kier molecular flexibility index (Phi) is 7.90. The summed E-state index contributed by atoms with van der Waals surface area (Å²) in [5.41, 5.74) is 3.21. The minimum atomic E-state index is 0.00596. The first-order valence-electron chi connectivity index (χ1n) is 13.6. The third kappa shape index (κ3) is 5.81. The quantitative estimate of drug-likeness (QED) is 0.441. The Bertz CT molecular complexity index is 1270. The molecule has 2 fully saturated rings. The number of nitrogens with one attached hydrogen (secondary N) is 3. The maximum absolute atomic E-state index is 12.6. The van der Waals surface area contributed by atoms with E-state index in [1.807, 2.05) is 35.4 Å².